The molecule has 11 aromatic rings. The van der Waals surface area contributed by atoms with Gasteiger partial charge in [0.05, 0.1) is 26.0 Å². The molecule has 0 aliphatic carbocycles. The quantitative estimate of drug-likeness (QED) is 0.167. The molecule has 0 unspecified atom stereocenters. The van der Waals surface area contributed by atoms with E-state index in [1.165, 1.54) is 0 Å². The third-order valence-electron chi connectivity index (χ3n) is 9.62. The normalized spacial score (nSPS) is 16.8. The summed E-state index contributed by atoms with van der Waals surface area (Å²) in [6, 6.07) is 9.60. The summed E-state index contributed by atoms with van der Waals surface area (Å²) in [5.41, 5.74) is 0.287. The van der Waals surface area contributed by atoms with Crippen molar-refractivity contribution < 1.29 is 30.5 Å². The average molecular weight is 692 g/mol. The van der Waals surface area contributed by atoms with Gasteiger partial charge in [0.2, 0.25) is 0 Å². The summed E-state index contributed by atoms with van der Waals surface area (Å²) >= 11 is 0. The molecule has 246 valence electrons. The van der Waals surface area contributed by atoms with Crippen molar-refractivity contribution >= 4 is 65.0 Å². The molecule has 0 spiro atoms. The minimum Gasteiger partial charge on any atom is -0.455 e. The first-order valence-electron chi connectivity index (χ1n) is 26.2. The van der Waals surface area contributed by atoms with Crippen molar-refractivity contribution in [2.24, 2.45) is 0 Å². The zero-order valence-electron chi connectivity index (χ0n) is 46.4. The van der Waals surface area contributed by atoms with Crippen LogP contribution in [0.15, 0.2) is 198 Å². The Hall–Kier alpha value is -6.96. The molecule has 1 aromatic heterocycles. The Morgan fingerprint density at radius 1 is 0.358 bits per heavy atom. The third kappa shape index (κ3) is 4.71. The van der Waals surface area contributed by atoms with Gasteiger partial charge in [-0.3, -0.25) is 0 Å². The highest BCUT2D eigenvalue weighted by Gasteiger charge is 2.18. The van der Waals surface area contributed by atoms with E-state index in [2.05, 4.69) is 0 Å². The first-order chi connectivity index (χ1) is 34.2. The van der Waals surface area contributed by atoms with Crippen LogP contribution in [-0.2, 0) is 0 Å². The molecule has 0 atom stereocenters. The fourth-order valence-electron chi connectivity index (χ4n) is 7.27. The van der Waals surface area contributed by atoms with Crippen molar-refractivity contribution in [1.29, 1.82) is 0 Å². The number of furan rings is 1. The Balaban J connectivity index is 1.24. The second-order valence-electron chi connectivity index (χ2n) is 12.5. The Morgan fingerprint density at radius 3 is 1.70 bits per heavy atom. The minimum absolute atomic E-state index is 0.145. The lowest BCUT2D eigenvalue weighted by Gasteiger charge is -2.18. The van der Waals surface area contributed by atoms with E-state index in [9.17, 15) is 13.7 Å². The number of rotatable bonds is 4. The lowest BCUT2D eigenvalue weighted by Crippen LogP contribution is -1.90. The Kier molecular flexibility index (Phi) is 3.69. The van der Waals surface area contributed by atoms with Crippen molar-refractivity contribution in [3.05, 3.63) is 194 Å². The topological polar surface area (TPSA) is 13.1 Å². The summed E-state index contributed by atoms with van der Waals surface area (Å²) in [5.74, 6) is 0. The van der Waals surface area contributed by atoms with Crippen LogP contribution in [0.2, 0.25) is 0 Å². The van der Waals surface area contributed by atoms with Gasteiger partial charge < -0.3 is 4.42 Å². The van der Waals surface area contributed by atoms with Gasteiger partial charge in [-0.05, 0) is 106 Å². The van der Waals surface area contributed by atoms with Gasteiger partial charge in [0, 0.05) is 16.3 Å². The predicted molar refractivity (Wildman–Crippen MR) is 225 cm³/mol. The van der Waals surface area contributed by atoms with E-state index in [1.54, 1.807) is 12.1 Å². The van der Waals surface area contributed by atoms with E-state index >= 15 is 0 Å². The molecule has 11 rings (SSSR count). The number of benzene rings is 10. The van der Waals surface area contributed by atoms with Gasteiger partial charge in [0.25, 0.3) is 0 Å². The summed E-state index contributed by atoms with van der Waals surface area (Å²) < 4.78 is 179. The molecular formula is C52H32O. The highest BCUT2D eigenvalue weighted by molar-refractivity contribution is 6.22. The van der Waals surface area contributed by atoms with Gasteiger partial charge in [-0.1, -0.05) is 169 Å². The van der Waals surface area contributed by atoms with Gasteiger partial charge in [-0.2, -0.15) is 0 Å². The molecule has 0 saturated heterocycles. The summed E-state index contributed by atoms with van der Waals surface area (Å²) in [7, 11) is 0. The molecule has 10 aromatic carbocycles. The zero-order valence-corrected chi connectivity index (χ0v) is 27.4. The van der Waals surface area contributed by atoms with Gasteiger partial charge >= 0.3 is 0 Å². The second kappa shape index (κ2) is 11.8. The first-order valence-corrected chi connectivity index (χ1v) is 16.7. The zero-order chi connectivity index (χ0) is 51.4. The Labute approximate surface area is 333 Å². The maximum Gasteiger partial charge on any atom is 0.143 e. The van der Waals surface area contributed by atoms with Crippen LogP contribution < -0.4 is 0 Å². The maximum absolute atomic E-state index is 9.80. The minimum atomic E-state index is -0.872. The van der Waals surface area contributed by atoms with Gasteiger partial charge in [0.15, 0.2) is 0 Å². The van der Waals surface area contributed by atoms with Crippen LogP contribution in [0, 0.1) is 0 Å². The molecule has 0 bridgehead atoms. The van der Waals surface area contributed by atoms with Crippen molar-refractivity contribution in [1.82, 2.24) is 0 Å². The molecule has 0 aliphatic rings. The van der Waals surface area contributed by atoms with Crippen LogP contribution >= 0.6 is 0 Å². The molecule has 1 heterocycles. The van der Waals surface area contributed by atoms with Crippen molar-refractivity contribution in [3.8, 4) is 44.5 Å². The number of fused-ring (bicyclic) bond motifs is 7. The van der Waals surface area contributed by atoms with Gasteiger partial charge in [-0.15, -0.1) is 0 Å². The lowest BCUT2D eigenvalue weighted by atomic mass is 9.85. The van der Waals surface area contributed by atoms with Crippen LogP contribution in [-0.4, -0.2) is 0 Å². The van der Waals surface area contributed by atoms with Gasteiger partial charge in [-0.25, -0.2) is 0 Å². The smallest absolute Gasteiger partial charge is 0.143 e. The number of para-hydroxylation sites is 1. The van der Waals surface area contributed by atoms with Crippen LogP contribution in [0.5, 0.6) is 0 Å². The Morgan fingerprint density at radius 2 is 0.943 bits per heavy atom. The fourth-order valence-corrected chi connectivity index (χ4v) is 7.27. The molecule has 0 radical (unpaired) electrons. The first kappa shape index (κ1) is 16.6. The van der Waals surface area contributed by atoms with E-state index in [0.717, 1.165) is 27.3 Å². The van der Waals surface area contributed by atoms with Crippen molar-refractivity contribution in [2.75, 3.05) is 0 Å². The van der Waals surface area contributed by atoms with E-state index < -0.39 is 169 Å². The monoisotopic (exact) mass is 691 g/mol. The number of hydrogen-bond donors (Lipinski definition) is 0. The highest BCUT2D eigenvalue weighted by Crippen LogP contribution is 2.45. The summed E-state index contributed by atoms with van der Waals surface area (Å²) in [4.78, 5) is 0. The Bertz CT molecular complexity index is 4220. The van der Waals surface area contributed by atoms with Gasteiger partial charge in [0.1, 0.15) is 11.2 Å². The molecular weight excluding hydrogens is 641 g/mol. The predicted octanol–water partition coefficient (Wildman–Crippen LogP) is 14.9. The van der Waals surface area contributed by atoms with E-state index in [4.69, 9.17) is 16.8 Å². The summed E-state index contributed by atoms with van der Waals surface area (Å²) in [6.07, 6.45) is 0. The lowest BCUT2D eigenvalue weighted by molar-refractivity contribution is 0.670. The van der Waals surface area contributed by atoms with E-state index in [0.29, 0.717) is 11.0 Å². The van der Waals surface area contributed by atoms with Crippen LogP contribution in [0.25, 0.3) is 110 Å². The van der Waals surface area contributed by atoms with Crippen LogP contribution in [0.3, 0.4) is 0 Å². The van der Waals surface area contributed by atoms with E-state index in [1.807, 2.05) is 66.7 Å². The van der Waals surface area contributed by atoms with Crippen molar-refractivity contribution in [2.45, 2.75) is 0 Å². The molecule has 0 fully saturated rings. The average Bonchev–Trinajstić information content (AvgIpc) is 3.76. The molecule has 0 aliphatic heterocycles. The van der Waals surface area contributed by atoms with Crippen LogP contribution in [0.4, 0.5) is 0 Å². The molecule has 1 nitrogen and oxygen atoms in total. The molecule has 53 heavy (non-hydrogen) atoms. The molecule has 0 N–H and O–H groups in total. The molecule has 0 amide bonds. The largest absolute Gasteiger partial charge is 0.455 e. The number of hydrogen-bond acceptors (Lipinski definition) is 1. The summed E-state index contributed by atoms with van der Waals surface area (Å²) in [5, 5.41) is 0.243. The molecule has 1 heteroatoms. The second-order valence-corrected chi connectivity index (χ2v) is 12.5. The third-order valence-corrected chi connectivity index (χ3v) is 9.62. The van der Waals surface area contributed by atoms with Crippen molar-refractivity contribution in [3.63, 3.8) is 0 Å². The maximum atomic E-state index is 9.80. The summed E-state index contributed by atoms with van der Waals surface area (Å²) in [6.45, 7) is 0. The fraction of sp³-hybridized carbons (Fsp3) is 0. The van der Waals surface area contributed by atoms with Crippen LogP contribution in [0.1, 0.15) is 26.0 Å². The highest BCUT2D eigenvalue weighted by atomic mass is 16.3. The SMILES string of the molecule is [2H]c1c([2H])c([2H])c(-c2c3c([2H])c([2H])c([2H])c([2H])c3c(-c3c([2H])c([2H])c4c([2H])c(-c5cccc6c5oc5ccc(-c7cccc8ccccc78)cc56)c([2H])c([2H])c4c3[2H])c3c([2H])c([2H])c([2H])c([2H])c23)c([2H])c1[2H]. The standard InChI is InChI=1S/C52H32O/c1-2-13-34(14-3-1)50-43-17-6-8-19-45(43)51(46-20-9-7-18-44(46)50)39-27-25-35-30-37(26-24-36(35)31-39)42-22-11-23-47-48-32-38(28-29-49(48)53-52(42)47)41-21-10-15-33-12-4-5-16-40(33)41/h1-32H/i1D,2D,3D,6D,7D,8D,9D,13D,14D,17D,18D,19D,20D,24D,25D,26D,27D,30D,31D. The van der Waals surface area contributed by atoms with E-state index in [-0.39, 0.29) is 16.7 Å². The molecule has 0 saturated carbocycles.